The van der Waals surface area contributed by atoms with Crippen LogP contribution in [0.4, 0.5) is 5.82 Å². The van der Waals surface area contributed by atoms with Crippen LogP contribution < -0.4 is 14.4 Å². The van der Waals surface area contributed by atoms with Crippen molar-refractivity contribution in [1.82, 2.24) is 14.9 Å². The van der Waals surface area contributed by atoms with E-state index in [-0.39, 0.29) is 5.91 Å². The molecule has 0 bridgehead atoms. The molecule has 1 aromatic heterocycles. The van der Waals surface area contributed by atoms with E-state index in [0.717, 1.165) is 62.8 Å². The second-order valence-electron chi connectivity index (χ2n) is 7.61. The van der Waals surface area contributed by atoms with Gasteiger partial charge in [-0.3, -0.25) is 4.79 Å². The van der Waals surface area contributed by atoms with Gasteiger partial charge in [0.25, 0.3) is 5.91 Å². The Kier molecular flexibility index (Phi) is 5.83. The van der Waals surface area contributed by atoms with Crippen LogP contribution in [0.2, 0.25) is 0 Å². The fraction of sp³-hybridized carbons (Fsp3) is 0.500. The number of amides is 1. The zero-order valence-electron chi connectivity index (χ0n) is 17.2. The van der Waals surface area contributed by atoms with Gasteiger partial charge in [0, 0.05) is 26.2 Å². The summed E-state index contributed by atoms with van der Waals surface area (Å²) >= 11 is 0. The number of hydrogen-bond acceptors (Lipinski definition) is 6. The number of methoxy groups -OCH3 is 2. The van der Waals surface area contributed by atoms with Crippen molar-refractivity contribution in [3.63, 3.8) is 0 Å². The minimum absolute atomic E-state index is 0.00762. The Balaban J connectivity index is 1.48. The van der Waals surface area contributed by atoms with Gasteiger partial charge in [-0.1, -0.05) is 12.8 Å². The van der Waals surface area contributed by atoms with Gasteiger partial charge in [0.05, 0.1) is 26.6 Å². The van der Waals surface area contributed by atoms with Gasteiger partial charge in [-0.25, -0.2) is 9.97 Å². The van der Waals surface area contributed by atoms with Gasteiger partial charge in [0.15, 0.2) is 11.5 Å². The fourth-order valence-electron chi connectivity index (χ4n) is 4.11. The summed E-state index contributed by atoms with van der Waals surface area (Å²) in [5.74, 6) is 2.28. The molecule has 1 fully saturated rings. The Labute approximate surface area is 171 Å². The van der Waals surface area contributed by atoms with Crippen LogP contribution in [0.15, 0.2) is 24.5 Å². The molecule has 0 saturated carbocycles. The number of carbonyl (C=O) groups excluding carboxylic acids is 1. The van der Waals surface area contributed by atoms with Crippen LogP contribution in [0.25, 0.3) is 0 Å². The number of ether oxygens (including phenoxy) is 2. The van der Waals surface area contributed by atoms with E-state index in [4.69, 9.17) is 9.47 Å². The molecule has 0 unspecified atom stereocenters. The first-order valence-electron chi connectivity index (χ1n) is 10.3. The van der Waals surface area contributed by atoms with Gasteiger partial charge in [0.1, 0.15) is 11.5 Å². The normalized spacial score (nSPS) is 16.8. The maximum Gasteiger partial charge on any atom is 0.274 e. The zero-order chi connectivity index (χ0) is 20.2. The largest absolute Gasteiger partial charge is 0.493 e. The molecule has 3 heterocycles. The van der Waals surface area contributed by atoms with Crippen molar-refractivity contribution in [3.05, 3.63) is 41.3 Å². The van der Waals surface area contributed by atoms with Gasteiger partial charge in [-0.2, -0.15) is 0 Å². The van der Waals surface area contributed by atoms with Crippen molar-refractivity contribution < 1.29 is 14.3 Å². The van der Waals surface area contributed by atoms with Gasteiger partial charge < -0.3 is 19.3 Å². The molecule has 1 saturated heterocycles. The van der Waals surface area contributed by atoms with E-state index >= 15 is 0 Å². The number of anilines is 1. The Morgan fingerprint density at radius 2 is 1.59 bits per heavy atom. The first-order chi connectivity index (χ1) is 14.2. The molecule has 29 heavy (non-hydrogen) atoms. The van der Waals surface area contributed by atoms with E-state index < -0.39 is 0 Å². The first-order valence-corrected chi connectivity index (χ1v) is 10.3. The number of benzene rings is 1. The number of hydrogen-bond donors (Lipinski definition) is 0. The molecule has 1 aromatic carbocycles. The molecule has 0 radical (unpaired) electrons. The molecule has 4 rings (SSSR count). The highest BCUT2D eigenvalue weighted by atomic mass is 16.5. The molecule has 0 spiro atoms. The lowest BCUT2D eigenvalue weighted by atomic mass is 9.99. The van der Waals surface area contributed by atoms with Crippen molar-refractivity contribution in [2.45, 2.75) is 38.6 Å². The standard InChI is InChI=1S/C22H28N4O3/c1-28-19-11-16-7-10-26(15-17(16)12-20(19)29-2)21-14-23-18(13-24-21)22(27)25-8-5-3-4-6-9-25/h11-14H,3-10,15H2,1-2H3. The first kappa shape index (κ1) is 19.5. The molecule has 7 nitrogen and oxygen atoms in total. The van der Waals surface area contributed by atoms with Crippen LogP contribution >= 0.6 is 0 Å². The van der Waals surface area contributed by atoms with Gasteiger partial charge in [-0.05, 0) is 42.5 Å². The highest BCUT2D eigenvalue weighted by Crippen LogP contribution is 2.34. The molecule has 7 heteroatoms. The maximum absolute atomic E-state index is 12.7. The third-order valence-corrected chi connectivity index (χ3v) is 5.79. The lowest BCUT2D eigenvalue weighted by Gasteiger charge is -2.30. The summed E-state index contributed by atoms with van der Waals surface area (Å²) in [4.78, 5) is 25.8. The molecular weight excluding hydrogens is 368 g/mol. The number of likely N-dealkylation sites (tertiary alicyclic amines) is 1. The Morgan fingerprint density at radius 1 is 0.897 bits per heavy atom. The smallest absolute Gasteiger partial charge is 0.274 e. The van der Waals surface area contributed by atoms with E-state index in [2.05, 4.69) is 20.9 Å². The second-order valence-corrected chi connectivity index (χ2v) is 7.61. The Hall–Kier alpha value is -2.83. The minimum atomic E-state index is -0.00762. The third kappa shape index (κ3) is 4.13. The van der Waals surface area contributed by atoms with Crippen LogP contribution in [-0.4, -0.2) is 54.6 Å². The van der Waals surface area contributed by atoms with Crippen LogP contribution in [0.3, 0.4) is 0 Å². The van der Waals surface area contributed by atoms with Crippen LogP contribution in [0, 0.1) is 0 Å². The molecule has 0 atom stereocenters. The molecule has 2 aliphatic heterocycles. The number of carbonyl (C=O) groups is 1. The van der Waals surface area contributed by atoms with E-state index in [1.165, 1.54) is 24.0 Å². The molecule has 0 aliphatic carbocycles. The van der Waals surface area contributed by atoms with Crippen LogP contribution in [-0.2, 0) is 13.0 Å². The van der Waals surface area contributed by atoms with E-state index in [1.54, 1.807) is 26.6 Å². The highest BCUT2D eigenvalue weighted by Gasteiger charge is 2.22. The van der Waals surface area contributed by atoms with Gasteiger partial charge in [-0.15, -0.1) is 0 Å². The monoisotopic (exact) mass is 396 g/mol. The van der Waals surface area contributed by atoms with Crippen molar-refractivity contribution in [2.75, 3.05) is 38.8 Å². The van der Waals surface area contributed by atoms with E-state index in [1.807, 2.05) is 11.0 Å². The summed E-state index contributed by atoms with van der Waals surface area (Å²) in [5.41, 5.74) is 2.89. The average Bonchev–Trinajstić information content (AvgIpc) is 3.07. The van der Waals surface area contributed by atoms with Gasteiger partial charge in [0.2, 0.25) is 0 Å². The number of nitrogens with zero attached hydrogens (tertiary/aromatic N) is 4. The molecule has 2 aromatic rings. The number of aromatic nitrogens is 2. The Bertz CT molecular complexity index is 861. The quantitative estimate of drug-likeness (QED) is 0.791. The number of rotatable bonds is 4. The zero-order valence-corrected chi connectivity index (χ0v) is 17.2. The third-order valence-electron chi connectivity index (χ3n) is 5.79. The summed E-state index contributed by atoms with van der Waals surface area (Å²) in [6, 6.07) is 4.09. The summed E-state index contributed by atoms with van der Waals surface area (Å²) in [5, 5.41) is 0. The summed E-state index contributed by atoms with van der Waals surface area (Å²) < 4.78 is 10.8. The van der Waals surface area contributed by atoms with E-state index in [0.29, 0.717) is 5.69 Å². The summed E-state index contributed by atoms with van der Waals surface area (Å²) in [6.45, 7) is 3.20. The van der Waals surface area contributed by atoms with Crippen molar-refractivity contribution in [1.29, 1.82) is 0 Å². The van der Waals surface area contributed by atoms with Crippen molar-refractivity contribution in [3.8, 4) is 11.5 Å². The number of fused-ring (bicyclic) bond motifs is 1. The summed E-state index contributed by atoms with van der Waals surface area (Å²) in [6.07, 6.45) is 8.76. The SMILES string of the molecule is COc1cc2c(cc1OC)CN(c1cnc(C(=O)N3CCCCCC3)cn1)CC2. The fourth-order valence-corrected chi connectivity index (χ4v) is 4.11. The topological polar surface area (TPSA) is 67.8 Å². The minimum Gasteiger partial charge on any atom is -0.493 e. The van der Waals surface area contributed by atoms with Gasteiger partial charge >= 0.3 is 0 Å². The Morgan fingerprint density at radius 3 is 2.21 bits per heavy atom. The second kappa shape index (κ2) is 8.68. The predicted molar refractivity (Wildman–Crippen MR) is 111 cm³/mol. The lowest BCUT2D eigenvalue weighted by molar-refractivity contribution is 0.0755. The average molecular weight is 396 g/mol. The van der Waals surface area contributed by atoms with Crippen molar-refractivity contribution in [2.24, 2.45) is 0 Å². The molecule has 2 aliphatic rings. The maximum atomic E-state index is 12.7. The van der Waals surface area contributed by atoms with Crippen molar-refractivity contribution >= 4 is 11.7 Å². The van der Waals surface area contributed by atoms with Crippen LogP contribution in [0.5, 0.6) is 11.5 Å². The molecular formula is C22H28N4O3. The lowest BCUT2D eigenvalue weighted by Crippen LogP contribution is -2.33. The van der Waals surface area contributed by atoms with E-state index in [9.17, 15) is 4.79 Å². The molecule has 1 amide bonds. The molecule has 154 valence electrons. The molecule has 0 N–H and O–H groups in total. The van der Waals surface area contributed by atoms with Crippen LogP contribution in [0.1, 0.15) is 47.3 Å². The highest BCUT2D eigenvalue weighted by molar-refractivity contribution is 5.92. The summed E-state index contributed by atoms with van der Waals surface area (Å²) in [7, 11) is 3.31. The predicted octanol–water partition coefficient (Wildman–Crippen LogP) is 3.07.